The second-order valence-corrected chi connectivity index (χ2v) is 8.06. The van der Waals surface area contributed by atoms with Crippen molar-refractivity contribution in [1.82, 2.24) is 14.8 Å². The summed E-state index contributed by atoms with van der Waals surface area (Å²) < 4.78 is 1.24. The van der Waals surface area contributed by atoms with Crippen molar-refractivity contribution in [3.05, 3.63) is 64.2 Å². The highest BCUT2D eigenvalue weighted by Gasteiger charge is 2.23. The summed E-state index contributed by atoms with van der Waals surface area (Å²) in [5.74, 6) is 0.146. The number of thiazole rings is 1. The smallest absolute Gasteiger partial charge is 0.253 e. The van der Waals surface area contributed by atoms with Gasteiger partial charge in [-0.05, 0) is 49.2 Å². The molecule has 0 atom stereocenters. The quantitative estimate of drug-likeness (QED) is 0.707. The first-order valence-corrected chi connectivity index (χ1v) is 9.85. The summed E-state index contributed by atoms with van der Waals surface area (Å²) in [6.07, 6.45) is 0. The van der Waals surface area contributed by atoms with Crippen molar-refractivity contribution in [3.63, 3.8) is 0 Å². The van der Waals surface area contributed by atoms with E-state index in [1.807, 2.05) is 29.2 Å². The number of piperazine rings is 1. The molecule has 0 spiro atoms. The van der Waals surface area contributed by atoms with Crippen LogP contribution in [0.15, 0.2) is 42.5 Å². The van der Waals surface area contributed by atoms with Crippen LogP contribution in [0.4, 0.5) is 0 Å². The van der Waals surface area contributed by atoms with E-state index in [1.165, 1.54) is 15.8 Å². The summed E-state index contributed by atoms with van der Waals surface area (Å²) >= 11 is 1.76. The zero-order valence-corrected chi connectivity index (χ0v) is 16.1. The number of aromatic nitrogens is 1. The van der Waals surface area contributed by atoms with Gasteiger partial charge in [-0.1, -0.05) is 18.2 Å². The van der Waals surface area contributed by atoms with E-state index >= 15 is 0 Å². The lowest BCUT2D eigenvalue weighted by atomic mass is 10.1. The number of hydrogen-bond acceptors (Lipinski definition) is 4. The average Bonchev–Trinajstić information content (AvgIpc) is 3.06. The van der Waals surface area contributed by atoms with Gasteiger partial charge in [0.2, 0.25) is 0 Å². The van der Waals surface area contributed by atoms with E-state index in [9.17, 15) is 4.79 Å². The molecular formula is C21H23N3OS. The van der Waals surface area contributed by atoms with Gasteiger partial charge in [0.05, 0.1) is 16.8 Å². The van der Waals surface area contributed by atoms with Crippen LogP contribution in [0.3, 0.4) is 0 Å². The lowest BCUT2D eigenvalue weighted by Crippen LogP contribution is -2.48. The van der Waals surface area contributed by atoms with Crippen molar-refractivity contribution >= 4 is 27.5 Å². The Balaban J connectivity index is 1.37. The van der Waals surface area contributed by atoms with Crippen LogP contribution in [0.2, 0.25) is 0 Å². The average molecular weight is 366 g/mol. The van der Waals surface area contributed by atoms with Crippen LogP contribution < -0.4 is 0 Å². The van der Waals surface area contributed by atoms with E-state index < -0.39 is 0 Å². The highest BCUT2D eigenvalue weighted by molar-refractivity contribution is 7.18. The molecule has 0 radical (unpaired) electrons. The monoisotopic (exact) mass is 365 g/mol. The minimum absolute atomic E-state index is 0.146. The third-order valence-corrected chi connectivity index (χ3v) is 6.13. The van der Waals surface area contributed by atoms with Gasteiger partial charge in [-0.25, -0.2) is 4.98 Å². The number of para-hydroxylation sites is 1. The molecule has 2 heterocycles. The van der Waals surface area contributed by atoms with Crippen molar-refractivity contribution in [3.8, 4) is 0 Å². The summed E-state index contributed by atoms with van der Waals surface area (Å²) in [6.45, 7) is 8.34. The van der Waals surface area contributed by atoms with Gasteiger partial charge in [-0.2, -0.15) is 0 Å². The predicted octanol–water partition coefficient (Wildman–Crippen LogP) is 3.87. The van der Waals surface area contributed by atoms with E-state index in [2.05, 4.69) is 36.9 Å². The first-order valence-electron chi connectivity index (χ1n) is 9.03. The third kappa shape index (κ3) is 3.50. The second-order valence-electron chi connectivity index (χ2n) is 6.94. The number of amides is 1. The zero-order valence-electron chi connectivity index (χ0n) is 15.2. The molecule has 1 aromatic heterocycles. The zero-order chi connectivity index (χ0) is 18.1. The number of nitrogens with zero attached hydrogens (tertiary/aromatic N) is 3. The summed E-state index contributed by atoms with van der Waals surface area (Å²) in [5.41, 5.74) is 4.27. The fourth-order valence-electron chi connectivity index (χ4n) is 3.34. The van der Waals surface area contributed by atoms with Crippen LogP contribution >= 0.6 is 11.3 Å². The Bertz CT molecular complexity index is 908. The third-order valence-electron chi connectivity index (χ3n) is 5.11. The standard InChI is InChI=1S/C21H23N3OS/c1-15-7-8-17(13-16(15)2)21(25)24-11-9-23(10-12-24)14-20-22-18-5-3-4-6-19(18)26-20/h3-8,13H,9-12,14H2,1-2H3. The van der Waals surface area contributed by atoms with E-state index in [-0.39, 0.29) is 5.91 Å². The van der Waals surface area contributed by atoms with Crippen molar-refractivity contribution < 1.29 is 4.79 Å². The van der Waals surface area contributed by atoms with Gasteiger partial charge in [0.1, 0.15) is 5.01 Å². The number of hydrogen-bond donors (Lipinski definition) is 0. The molecule has 5 heteroatoms. The van der Waals surface area contributed by atoms with Crippen LogP contribution in [0.25, 0.3) is 10.2 Å². The van der Waals surface area contributed by atoms with E-state index in [0.717, 1.165) is 48.8 Å². The molecule has 0 bridgehead atoms. The van der Waals surface area contributed by atoms with Crippen LogP contribution in [0, 0.1) is 13.8 Å². The first-order chi connectivity index (χ1) is 12.6. The number of aryl methyl sites for hydroxylation is 2. The Morgan fingerprint density at radius 2 is 1.81 bits per heavy atom. The number of carbonyl (C=O) groups is 1. The topological polar surface area (TPSA) is 36.4 Å². The number of fused-ring (bicyclic) bond motifs is 1. The maximum Gasteiger partial charge on any atom is 0.253 e. The Morgan fingerprint density at radius 3 is 2.54 bits per heavy atom. The molecule has 3 aromatic rings. The van der Waals surface area contributed by atoms with E-state index in [0.29, 0.717) is 0 Å². The highest BCUT2D eigenvalue weighted by Crippen LogP contribution is 2.23. The Hall–Kier alpha value is -2.24. The van der Waals surface area contributed by atoms with Gasteiger partial charge in [0.15, 0.2) is 0 Å². The molecule has 1 saturated heterocycles. The van der Waals surface area contributed by atoms with Gasteiger partial charge in [-0.3, -0.25) is 9.69 Å². The molecule has 0 aliphatic carbocycles. The number of rotatable bonds is 3. The van der Waals surface area contributed by atoms with Crippen LogP contribution in [0.1, 0.15) is 26.5 Å². The van der Waals surface area contributed by atoms with Gasteiger partial charge < -0.3 is 4.90 Å². The number of carbonyl (C=O) groups excluding carboxylic acids is 1. The van der Waals surface area contributed by atoms with Gasteiger partial charge in [-0.15, -0.1) is 11.3 Å². The van der Waals surface area contributed by atoms with E-state index in [1.54, 1.807) is 11.3 Å². The molecule has 2 aromatic carbocycles. The maximum absolute atomic E-state index is 12.7. The fraction of sp³-hybridized carbons (Fsp3) is 0.333. The van der Waals surface area contributed by atoms with Crippen molar-refractivity contribution in [1.29, 1.82) is 0 Å². The first kappa shape index (κ1) is 17.2. The highest BCUT2D eigenvalue weighted by atomic mass is 32.1. The Kier molecular flexibility index (Phi) is 4.74. The normalized spacial score (nSPS) is 15.5. The van der Waals surface area contributed by atoms with Crippen molar-refractivity contribution in [2.24, 2.45) is 0 Å². The lowest BCUT2D eigenvalue weighted by Gasteiger charge is -2.34. The molecule has 1 amide bonds. The second kappa shape index (κ2) is 7.17. The number of benzene rings is 2. The molecule has 1 aliphatic rings. The van der Waals surface area contributed by atoms with Crippen LogP contribution in [-0.2, 0) is 6.54 Å². The molecule has 1 fully saturated rings. The molecule has 0 unspecified atom stereocenters. The predicted molar refractivity (Wildman–Crippen MR) is 107 cm³/mol. The van der Waals surface area contributed by atoms with Crippen LogP contribution in [-0.4, -0.2) is 46.9 Å². The van der Waals surface area contributed by atoms with Crippen molar-refractivity contribution in [2.75, 3.05) is 26.2 Å². The minimum Gasteiger partial charge on any atom is -0.336 e. The molecular weight excluding hydrogens is 342 g/mol. The largest absolute Gasteiger partial charge is 0.336 e. The van der Waals surface area contributed by atoms with Gasteiger partial charge in [0.25, 0.3) is 5.91 Å². The minimum atomic E-state index is 0.146. The van der Waals surface area contributed by atoms with Crippen molar-refractivity contribution in [2.45, 2.75) is 20.4 Å². The Morgan fingerprint density at radius 1 is 1.04 bits per heavy atom. The molecule has 1 aliphatic heterocycles. The molecule has 4 nitrogen and oxygen atoms in total. The summed E-state index contributed by atoms with van der Waals surface area (Å²) in [7, 11) is 0. The summed E-state index contributed by atoms with van der Waals surface area (Å²) in [5, 5.41) is 1.15. The Labute approximate surface area is 158 Å². The van der Waals surface area contributed by atoms with Gasteiger partial charge >= 0.3 is 0 Å². The van der Waals surface area contributed by atoms with E-state index in [4.69, 9.17) is 4.98 Å². The molecule has 134 valence electrons. The van der Waals surface area contributed by atoms with Crippen LogP contribution in [0.5, 0.6) is 0 Å². The SMILES string of the molecule is Cc1ccc(C(=O)N2CCN(Cc3nc4ccccc4s3)CC2)cc1C. The maximum atomic E-state index is 12.7. The molecule has 26 heavy (non-hydrogen) atoms. The summed E-state index contributed by atoms with van der Waals surface area (Å²) in [4.78, 5) is 21.8. The summed E-state index contributed by atoms with van der Waals surface area (Å²) in [6, 6.07) is 14.3. The molecule has 0 saturated carbocycles. The lowest BCUT2D eigenvalue weighted by molar-refractivity contribution is 0.0628. The van der Waals surface area contributed by atoms with Gasteiger partial charge in [0, 0.05) is 31.7 Å². The molecule has 0 N–H and O–H groups in total. The molecule has 4 rings (SSSR count). The fourth-order valence-corrected chi connectivity index (χ4v) is 4.35.